The van der Waals surface area contributed by atoms with Gasteiger partial charge in [0.1, 0.15) is 0 Å². The van der Waals surface area contributed by atoms with Crippen LogP contribution in [0, 0.1) is 0 Å². The van der Waals surface area contributed by atoms with Gasteiger partial charge in [-0.3, -0.25) is 0 Å². The molecule has 0 spiro atoms. The van der Waals surface area contributed by atoms with Gasteiger partial charge >= 0.3 is 5.97 Å². The first kappa shape index (κ1) is 18.4. The van der Waals surface area contributed by atoms with Crippen LogP contribution in [-0.2, 0) is 10.0 Å². The fourth-order valence-electron chi connectivity index (χ4n) is 2.04. The van der Waals surface area contributed by atoms with Crippen molar-refractivity contribution in [1.29, 1.82) is 0 Å². The second kappa shape index (κ2) is 8.11. The number of carboxylic acid groups (broad SMARTS) is 1. The van der Waals surface area contributed by atoms with Gasteiger partial charge in [-0.25, -0.2) is 17.9 Å². The van der Waals surface area contributed by atoms with Gasteiger partial charge in [0, 0.05) is 18.3 Å². The minimum absolute atomic E-state index is 0.0950. The van der Waals surface area contributed by atoms with Crippen molar-refractivity contribution in [2.24, 2.45) is 0 Å². The fourth-order valence-corrected chi connectivity index (χ4v) is 3.34. The van der Waals surface area contributed by atoms with Crippen molar-refractivity contribution < 1.29 is 23.4 Å². The molecule has 22 heavy (non-hydrogen) atoms. The van der Waals surface area contributed by atoms with Gasteiger partial charge < -0.3 is 15.5 Å². The zero-order valence-electron chi connectivity index (χ0n) is 12.7. The Labute approximate surface area is 130 Å². The lowest BCUT2D eigenvalue weighted by Crippen LogP contribution is -2.32. The lowest BCUT2D eigenvalue weighted by Gasteiger charge is -2.15. The van der Waals surface area contributed by atoms with Crippen molar-refractivity contribution in [2.75, 3.05) is 18.5 Å². The van der Waals surface area contributed by atoms with Crippen LogP contribution in [0.1, 0.15) is 37.0 Å². The molecule has 8 heteroatoms. The van der Waals surface area contributed by atoms with Gasteiger partial charge in [-0.15, -0.1) is 0 Å². The average Bonchev–Trinajstić information content (AvgIpc) is 2.44. The molecule has 0 fully saturated rings. The van der Waals surface area contributed by atoms with Gasteiger partial charge in [-0.2, -0.15) is 0 Å². The lowest BCUT2D eigenvalue weighted by atomic mass is 10.2. The van der Waals surface area contributed by atoms with E-state index in [0.717, 1.165) is 12.5 Å². The van der Waals surface area contributed by atoms with Gasteiger partial charge in [0.2, 0.25) is 10.0 Å². The highest BCUT2D eigenvalue weighted by Crippen LogP contribution is 2.21. The average molecular weight is 330 g/mol. The number of nitrogens with one attached hydrogen (secondary N) is 2. The molecule has 0 aliphatic heterocycles. The number of hydrogen-bond acceptors (Lipinski definition) is 5. The van der Waals surface area contributed by atoms with Crippen LogP contribution in [0.4, 0.5) is 5.69 Å². The van der Waals surface area contributed by atoms with E-state index in [0.29, 0.717) is 6.42 Å². The third-order valence-corrected chi connectivity index (χ3v) is 4.62. The zero-order valence-corrected chi connectivity index (χ0v) is 13.5. The molecule has 0 unspecified atom stereocenters. The van der Waals surface area contributed by atoms with Gasteiger partial charge in [-0.1, -0.05) is 13.3 Å². The molecule has 0 amide bonds. The SMILES string of the molecule is CCC[C@@H](C)NS(=O)(=O)c1ccc(NCCO)c(C(=O)O)c1. The number of benzene rings is 1. The van der Waals surface area contributed by atoms with Crippen LogP contribution in [0.25, 0.3) is 0 Å². The van der Waals surface area contributed by atoms with Gasteiger partial charge in [0.25, 0.3) is 0 Å². The van der Waals surface area contributed by atoms with E-state index in [1.165, 1.54) is 12.1 Å². The third-order valence-electron chi connectivity index (χ3n) is 3.04. The number of rotatable bonds is 9. The van der Waals surface area contributed by atoms with Gasteiger partial charge in [0.05, 0.1) is 17.1 Å². The number of anilines is 1. The number of sulfonamides is 1. The number of hydrogen-bond donors (Lipinski definition) is 4. The highest BCUT2D eigenvalue weighted by atomic mass is 32.2. The van der Waals surface area contributed by atoms with E-state index in [9.17, 15) is 18.3 Å². The summed E-state index contributed by atoms with van der Waals surface area (Å²) in [5.41, 5.74) is 0.113. The van der Waals surface area contributed by atoms with E-state index in [1.54, 1.807) is 6.92 Å². The summed E-state index contributed by atoms with van der Waals surface area (Å²) in [6, 6.07) is 3.62. The minimum atomic E-state index is -3.77. The molecule has 1 aromatic carbocycles. The fraction of sp³-hybridized carbons (Fsp3) is 0.500. The predicted molar refractivity (Wildman–Crippen MR) is 83.7 cm³/mol. The van der Waals surface area contributed by atoms with Crippen molar-refractivity contribution in [3.05, 3.63) is 23.8 Å². The maximum atomic E-state index is 12.3. The smallest absolute Gasteiger partial charge is 0.337 e. The molecule has 1 aromatic rings. The summed E-state index contributed by atoms with van der Waals surface area (Å²) in [7, 11) is -3.77. The van der Waals surface area contributed by atoms with Gasteiger partial charge in [0.15, 0.2) is 0 Å². The van der Waals surface area contributed by atoms with Crippen LogP contribution in [0.3, 0.4) is 0 Å². The molecule has 0 saturated carbocycles. The van der Waals surface area contributed by atoms with E-state index in [-0.39, 0.29) is 35.3 Å². The standard InChI is InChI=1S/C14H22N2O5S/c1-3-4-10(2)16-22(20,21)11-5-6-13(15-7-8-17)12(9-11)14(18)19/h5-6,9-10,15-17H,3-4,7-8H2,1-2H3,(H,18,19)/t10-/m1/s1. The van der Waals surface area contributed by atoms with Crippen LogP contribution in [0.5, 0.6) is 0 Å². The molecule has 0 bridgehead atoms. The molecule has 0 radical (unpaired) electrons. The number of carbonyl (C=O) groups is 1. The van der Waals surface area contributed by atoms with E-state index < -0.39 is 16.0 Å². The molecular formula is C14H22N2O5S. The highest BCUT2D eigenvalue weighted by molar-refractivity contribution is 7.89. The second-order valence-electron chi connectivity index (χ2n) is 4.97. The first-order valence-electron chi connectivity index (χ1n) is 7.06. The van der Waals surface area contributed by atoms with Crippen molar-refractivity contribution in [2.45, 2.75) is 37.6 Å². The number of aromatic carboxylic acids is 1. The predicted octanol–water partition coefficient (Wildman–Crippen LogP) is 1.26. The Morgan fingerprint density at radius 1 is 1.36 bits per heavy atom. The molecule has 4 N–H and O–H groups in total. The summed E-state index contributed by atoms with van der Waals surface area (Å²) in [6.45, 7) is 3.73. The quantitative estimate of drug-likeness (QED) is 0.542. The maximum absolute atomic E-state index is 12.3. The first-order chi connectivity index (χ1) is 10.3. The number of aliphatic hydroxyl groups excluding tert-OH is 1. The molecular weight excluding hydrogens is 308 g/mol. The van der Waals surface area contributed by atoms with Crippen LogP contribution < -0.4 is 10.0 Å². The minimum Gasteiger partial charge on any atom is -0.478 e. The van der Waals surface area contributed by atoms with Crippen LogP contribution >= 0.6 is 0 Å². The topological polar surface area (TPSA) is 116 Å². The molecule has 0 aromatic heterocycles. The Morgan fingerprint density at radius 3 is 2.59 bits per heavy atom. The number of carboxylic acids is 1. The van der Waals surface area contributed by atoms with Crippen LogP contribution in [0.15, 0.2) is 23.1 Å². The highest BCUT2D eigenvalue weighted by Gasteiger charge is 2.20. The summed E-state index contributed by atoms with van der Waals surface area (Å²) in [5.74, 6) is -1.24. The molecule has 7 nitrogen and oxygen atoms in total. The maximum Gasteiger partial charge on any atom is 0.337 e. The van der Waals surface area contributed by atoms with E-state index in [2.05, 4.69) is 10.0 Å². The van der Waals surface area contributed by atoms with Gasteiger partial charge in [-0.05, 0) is 31.5 Å². The zero-order chi connectivity index (χ0) is 16.8. The Kier molecular flexibility index (Phi) is 6.79. The molecule has 0 heterocycles. The Balaban J connectivity index is 3.10. The van der Waals surface area contributed by atoms with E-state index >= 15 is 0 Å². The lowest BCUT2D eigenvalue weighted by molar-refractivity contribution is 0.0697. The Bertz CT molecular complexity index is 616. The third kappa shape index (κ3) is 4.97. The molecule has 0 aliphatic carbocycles. The van der Waals surface area contributed by atoms with E-state index in [1.807, 2.05) is 6.92 Å². The molecule has 124 valence electrons. The van der Waals surface area contributed by atoms with Crippen LogP contribution in [0.2, 0.25) is 0 Å². The van der Waals surface area contributed by atoms with E-state index in [4.69, 9.17) is 5.11 Å². The number of aliphatic hydroxyl groups is 1. The van der Waals surface area contributed by atoms with Crippen molar-refractivity contribution >= 4 is 21.7 Å². The summed E-state index contributed by atoms with van der Waals surface area (Å²) < 4.78 is 27.0. The summed E-state index contributed by atoms with van der Waals surface area (Å²) in [4.78, 5) is 11.2. The molecule has 0 saturated heterocycles. The summed E-state index contributed by atoms with van der Waals surface area (Å²) in [6.07, 6.45) is 1.54. The Morgan fingerprint density at radius 2 is 2.05 bits per heavy atom. The first-order valence-corrected chi connectivity index (χ1v) is 8.54. The summed E-state index contributed by atoms with van der Waals surface area (Å²) >= 11 is 0. The van der Waals surface area contributed by atoms with Crippen molar-refractivity contribution in [3.8, 4) is 0 Å². The summed E-state index contributed by atoms with van der Waals surface area (Å²) in [5, 5.41) is 20.7. The molecule has 0 aliphatic rings. The monoisotopic (exact) mass is 330 g/mol. The Hall–Kier alpha value is -1.64. The normalized spacial score (nSPS) is 12.9. The largest absolute Gasteiger partial charge is 0.478 e. The van der Waals surface area contributed by atoms with Crippen molar-refractivity contribution in [3.63, 3.8) is 0 Å². The second-order valence-corrected chi connectivity index (χ2v) is 6.69. The molecule has 1 rings (SSSR count). The van der Waals surface area contributed by atoms with Crippen molar-refractivity contribution in [1.82, 2.24) is 4.72 Å². The molecule has 1 atom stereocenters. The van der Waals surface area contributed by atoms with Crippen LogP contribution in [-0.4, -0.2) is 43.8 Å².